The number of thiophene rings is 1. The highest BCUT2D eigenvalue weighted by Gasteiger charge is 2.10. The van der Waals surface area contributed by atoms with Gasteiger partial charge in [0.1, 0.15) is 0 Å². The first-order valence-corrected chi connectivity index (χ1v) is 7.54. The minimum atomic E-state index is -0.481. The third-order valence-corrected chi connectivity index (χ3v) is 3.66. The van der Waals surface area contributed by atoms with E-state index < -0.39 is 6.10 Å². The highest BCUT2D eigenvalue weighted by molar-refractivity contribution is 7.09. The molecular formula is C14H25NO3S. The smallest absolute Gasteiger partial charge is 0.0897 e. The number of aliphatic hydroxyl groups is 1. The van der Waals surface area contributed by atoms with Crippen LogP contribution in [0.1, 0.15) is 18.7 Å². The van der Waals surface area contributed by atoms with E-state index in [4.69, 9.17) is 9.47 Å². The van der Waals surface area contributed by atoms with Crippen molar-refractivity contribution in [3.63, 3.8) is 0 Å². The summed E-state index contributed by atoms with van der Waals surface area (Å²) in [5.74, 6) is 0. The summed E-state index contributed by atoms with van der Waals surface area (Å²) in [5.41, 5.74) is 0. The topological polar surface area (TPSA) is 50.7 Å². The Balaban J connectivity index is 2.10. The molecule has 3 atom stereocenters. The van der Waals surface area contributed by atoms with Crippen molar-refractivity contribution in [2.24, 2.45) is 0 Å². The van der Waals surface area contributed by atoms with E-state index in [0.29, 0.717) is 25.8 Å². The van der Waals surface area contributed by atoms with E-state index in [1.165, 1.54) is 4.88 Å². The number of rotatable bonds is 10. The molecule has 0 aliphatic heterocycles. The number of ether oxygens (including phenoxy) is 2. The van der Waals surface area contributed by atoms with Crippen LogP contribution in [0.3, 0.4) is 0 Å². The predicted molar refractivity (Wildman–Crippen MR) is 78.8 cm³/mol. The summed E-state index contributed by atoms with van der Waals surface area (Å²) in [6.45, 7) is 5.49. The lowest BCUT2D eigenvalue weighted by Gasteiger charge is -2.18. The first-order valence-electron chi connectivity index (χ1n) is 6.66. The quantitative estimate of drug-likeness (QED) is 0.687. The maximum Gasteiger partial charge on any atom is 0.0897 e. The summed E-state index contributed by atoms with van der Waals surface area (Å²) in [5, 5.41) is 15.2. The fourth-order valence-electron chi connectivity index (χ4n) is 1.76. The SMILES string of the molecule is COCC(C)OCC(O)CNC(C)Cc1cccs1. The number of hydrogen-bond acceptors (Lipinski definition) is 5. The summed E-state index contributed by atoms with van der Waals surface area (Å²) < 4.78 is 10.4. The molecule has 0 aliphatic carbocycles. The molecule has 3 unspecified atom stereocenters. The van der Waals surface area contributed by atoms with Crippen LogP contribution in [-0.2, 0) is 15.9 Å². The van der Waals surface area contributed by atoms with Crippen LogP contribution >= 0.6 is 11.3 Å². The van der Waals surface area contributed by atoms with Crippen LogP contribution in [0.4, 0.5) is 0 Å². The van der Waals surface area contributed by atoms with E-state index >= 15 is 0 Å². The van der Waals surface area contributed by atoms with Crippen molar-refractivity contribution in [3.8, 4) is 0 Å². The maximum absolute atomic E-state index is 9.82. The van der Waals surface area contributed by atoms with Gasteiger partial charge in [-0.05, 0) is 31.7 Å². The van der Waals surface area contributed by atoms with E-state index in [9.17, 15) is 5.11 Å². The van der Waals surface area contributed by atoms with Crippen LogP contribution in [0.5, 0.6) is 0 Å². The van der Waals surface area contributed by atoms with Crippen LogP contribution in [0.2, 0.25) is 0 Å². The zero-order chi connectivity index (χ0) is 14.1. The summed E-state index contributed by atoms with van der Waals surface area (Å²) in [7, 11) is 1.64. The molecule has 4 nitrogen and oxygen atoms in total. The zero-order valence-electron chi connectivity index (χ0n) is 12.0. The van der Waals surface area contributed by atoms with Gasteiger partial charge in [0.25, 0.3) is 0 Å². The summed E-state index contributed by atoms with van der Waals surface area (Å²) in [6, 6.07) is 4.55. The Kier molecular flexibility index (Phi) is 8.25. The van der Waals surface area contributed by atoms with Gasteiger partial charge in [-0.15, -0.1) is 11.3 Å². The van der Waals surface area contributed by atoms with Gasteiger partial charge in [-0.2, -0.15) is 0 Å². The van der Waals surface area contributed by atoms with Gasteiger partial charge in [-0.25, -0.2) is 0 Å². The van der Waals surface area contributed by atoms with Gasteiger partial charge in [0.05, 0.1) is 25.4 Å². The van der Waals surface area contributed by atoms with Crippen LogP contribution < -0.4 is 5.32 Å². The lowest BCUT2D eigenvalue weighted by atomic mass is 10.2. The first kappa shape index (κ1) is 16.6. The monoisotopic (exact) mass is 287 g/mol. The lowest BCUT2D eigenvalue weighted by Crippen LogP contribution is -2.37. The summed E-state index contributed by atoms with van der Waals surface area (Å²) >= 11 is 1.76. The van der Waals surface area contributed by atoms with Crippen molar-refractivity contribution in [3.05, 3.63) is 22.4 Å². The average molecular weight is 287 g/mol. The van der Waals surface area contributed by atoms with E-state index in [2.05, 4.69) is 29.8 Å². The highest BCUT2D eigenvalue weighted by Crippen LogP contribution is 2.10. The fourth-order valence-corrected chi connectivity index (χ4v) is 2.59. The molecule has 0 fully saturated rings. The minimum absolute atomic E-state index is 0.0168. The molecule has 0 bridgehead atoms. The van der Waals surface area contributed by atoms with Crippen molar-refractivity contribution in [1.82, 2.24) is 5.32 Å². The lowest BCUT2D eigenvalue weighted by molar-refractivity contribution is -0.0314. The van der Waals surface area contributed by atoms with Crippen molar-refractivity contribution < 1.29 is 14.6 Å². The normalized spacial score (nSPS) is 16.2. The molecule has 19 heavy (non-hydrogen) atoms. The van der Waals surface area contributed by atoms with E-state index in [1.807, 2.05) is 6.92 Å². The molecule has 0 amide bonds. The number of hydrogen-bond donors (Lipinski definition) is 2. The molecule has 2 N–H and O–H groups in total. The Morgan fingerprint density at radius 1 is 1.37 bits per heavy atom. The Labute approximate surface area is 119 Å². The molecule has 0 aromatic carbocycles. The summed E-state index contributed by atoms with van der Waals surface area (Å²) in [4.78, 5) is 1.36. The second-order valence-corrected chi connectivity index (χ2v) is 5.88. The molecule has 0 spiro atoms. The number of methoxy groups -OCH3 is 1. The average Bonchev–Trinajstić information content (AvgIpc) is 2.87. The van der Waals surface area contributed by atoms with Crippen LogP contribution in [-0.4, -0.2) is 50.2 Å². The Bertz CT molecular complexity index is 319. The van der Waals surface area contributed by atoms with Gasteiger partial charge in [-0.1, -0.05) is 6.07 Å². The number of aliphatic hydroxyl groups excluding tert-OH is 1. The molecule has 1 heterocycles. The molecule has 0 radical (unpaired) electrons. The predicted octanol–water partition coefficient (Wildman–Crippen LogP) is 1.68. The summed E-state index contributed by atoms with van der Waals surface area (Å²) in [6.07, 6.45) is 0.527. The second-order valence-electron chi connectivity index (χ2n) is 4.85. The van der Waals surface area contributed by atoms with E-state index in [-0.39, 0.29) is 6.10 Å². The van der Waals surface area contributed by atoms with E-state index in [0.717, 1.165) is 6.42 Å². The first-order chi connectivity index (χ1) is 9.11. The van der Waals surface area contributed by atoms with Crippen molar-refractivity contribution in [2.75, 3.05) is 26.9 Å². The van der Waals surface area contributed by atoms with Gasteiger partial charge in [-0.3, -0.25) is 0 Å². The fraction of sp³-hybridized carbons (Fsp3) is 0.714. The molecule has 0 saturated heterocycles. The third kappa shape index (κ3) is 7.64. The van der Waals surface area contributed by atoms with Gasteiger partial charge in [0, 0.05) is 24.6 Å². The Morgan fingerprint density at radius 2 is 2.16 bits per heavy atom. The Hall–Kier alpha value is -0.460. The van der Waals surface area contributed by atoms with Crippen molar-refractivity contribution in [1.29, 1.82) is 0 Å². The van der Waals surface area contributed by atoms with Gasteiger partial charge >= 0.3 is 0 Å². The van der Waals surface area contributed by atoms with Gasteiger partial charge in [0.2, 0.25) is 0 Å². The minimum Gasteiger partial charge on any atom is -0.389 e. The van der Waals surface area contributed by atoms with E-state index in [1.54, 1.807) is 18.4 Å². The molecule has 1 aromatic heterocycles. The van der Waals surface area contributed by atoms with Crippen molar-refractivity contribution >= 4 is 11.3 Å². The third-order valence-electron chi connectivity index (χ3n) is 2.76. The van der Waals surface area contributed by atoms with Crippen molar-refractivity contribution in [2.45, 2.75) is 38.5 Å². The maximum atomic E-state index is 9.82. The second kappa shape index (κ2) is 9.44. The standard InChI is InChI=1S/C14H25NO3S/c1-11(7-14-5-4-6-19-14)15-8-13(16)10-18-12(2)9-17-3/h4-6,11-13,15-16H,7-10H2,1-3H3. The number of nitrogens with one attached hydrogen (secondary N) is 1. The molecular weight excluding hydrogens is 262 g/mol. The molecule has 1 rings (SSSR count). The van der Waals surface area contributed by atoms with Crippen LogP contribution in [0.25, 0.3) is 0 Å². The molecule has 5 heteroatoms. The largest absolute Gasteiger partial charge is 0.389 e. The van der Waals surface area contributed by atoms with Gasteiger partial charge in [0.15, 0.2) is 0 Å². The zero-order valence-corrected chi connectivity index (χ0v) is 12.8. The van der Waals surface area contributed by atoms with Gasteiger partial charge < -0.3 is 19.9 Å². The van der Waals surface area contributed by atoms with Crippen LogP contribution in [0.15, 0.2) is 17.5 Å². The van der Waals surface area contributed by atoms with Crippen LogP contribution in [0, 0.1) is 0 Å². The molecule has 0 saturated carbocycles. The Morgan fingerprint density at radius 3 is 2.79 bits per heavy atom. The highest BCUT2D eigenvalue weighted by atomic mass is 32.1. The molecule has 110 valence electrons. The molecule has 0 aliphatic rings. The molecule has 1 aromatic rings.